The molecule has 1 aliphatic rings. The van der Waals surface area contributed by atoms with Crippen LogP contribution in [0.15, 0.2) is 12.1 Å². The van der Waals surface area contributed by atoms with E-state index in [1.54, 1.807) is 17.0 Å². The Morgan fingerprint density at radius 3 is 2.50 bits per heavy atom. The van der Waals surface area contributed by atoms with Crippen molar-refractivity contribution in [2.24, 2.45) is 0 Å². The highest BCUT2D eigenvalue weighted by atomic mass is 28.3. The molecule has 0 bridgehead atoms. The number of fused-ring (bicyclic) bond motifs is 1. The average Bonchev–Trinajstić information content (AvgIpc) is 2.49. The van der Waals surface area contributed by atoms with Crippen molar-refractivity contribution in [1.82, 2.24) is 4.90 Å². The Morgan fingerprint density at radius 2 is 1.96 bits per heavy atom. The third-order valence-corrected chi connectivity index (χ3v) is 4.63. The lowest BCUT2D eigenvalue weighted by Crippen LogP contribution is -2.40. The lowest BCUT2D eigenvalue weighted by molar-refractivity contribution is -0.385. The Kier molecular flexibility index (Phi) is 5.47. The first kappa shape index (κ1) is 20.0. The zero-order chi connectivity index (χ0) is 19.7. The van der Waals surface area contributed by atoms with Gasteiger partial charge in [-0.05, 0) is 38.3 Å². The number of carbonyl (C=O) groups is 1. The summed E-state index contributed by atoms with van der Waals surface area (Å²) in [4.78, 5) is 24.8. The predicted molar refractivity (Wildman–Crippen MR) is 104 cm³/mol. The normalized spacial score (nSPS) is 14.2. The average molecular weight is 375 g/mol. The van der Waals surface area contributed by atoms with E-state index in [2.05, 4.69) is 31.1 Å². The van der Waals surface area contributed by atoms with E-state index in [1.165, 1.54) is 0 Å². The Balaban J connectivity index is 2.39. The second-order valence-corrected chi connectivity index (χ2v) is 13.3. The zero-order valence-corrected chi connectivity index (χ0v) is 17.3. The van der Waals surface area contributed by atoms with E-state index in [0.29, 0.717) is 25.1 Å². The minimum Gasteiger partial charge on any atom is -0.444 e. The van der Waals surface area contributed by atoms with Gasteiger partial charge in [-0.15, -0.1) is 5.54 Å². The number of nitrogens with zero attached hydrogens (tertiary/aromatic N) is 2. The summed E-state index contributed by atoms with van der Waals surface area (Å²) in [5.74, 6) is 3.16. The quantitative estimate of drug-likeness (QED) is 0.321. The van der Waals surface area contributed by atoms with Crippen molar-refractivity contribution in [1.29, 1.82) is 0 Å². The molecule has 0 fully saturated rings. The summed E-state index contributed by atoms with van der Waals surface area (Å²) in [5, 5.41) is 11.3. The van der Waals surface area contributed by atoms with Gasteiger partial charge in [-0.1, -0.05) is 25.6 Å². The van der Waals surface area contributed by atoms with Gasteiger partial charge in [-0.25, -0.2) is 4.79 Å². The maximum absolute atomic E-state index is 12.3. The SMILES string of the molecule is CC(C)(C)OC(=O)N1CCc2c(C#C[Si](C)(C)C)cc([N+](=O)[O-])cc2C1. The van der Waals surface area contributed by atoms with Gasteiger partial charge in [0.05, 0.1) is 4.92 Å². The Bertz CT molecular complexity index is 795. The monoisotopic (exact) mass is 374 g/mol. The van der Waals surface area contributed by atoms with E-state index < -0.39 is 24.7 Å². The van der Waals surface area contributed by atoms with Crippen molar-refractivity contribution >= 4 is 19.9 Å². The van der Waals surface area contributed by atoms with Crippen molar-refractivity contribution in [3.63, 3.8) is 0 Å². The highest BCUT2D eigenvalue weighted by molar-refractivity contribution is 6.83. The molecule has 0 atom stereocenters. The number of hydrogen-bond acceptors (Lipinski definition) is 4. The molecule has 0 N–H and O–H groups in total. The predicted octanol–water partition coefficient (Wildman–Crippen LogP) is 4.12. The van der Waals surface area contributed by atoms with Gasteiger partial charge in [-0.2, -0.15) is 0 Å². The van der Waals surface area contributed by atoms with Gasteiger partial charge in [0.15, 0.2) is 0 Å². The second-order valence-electron chi connectivity index (χ2n) is 8.54. The molecule has 6 nitrogen and oxygen atoms in total. The van der Waals surface area contributed by atoms with Crippen molar-refractivity contribution in [2.45, 2.75) is 59.0 Å². The fourth-order valence-corrected chi connectivity index (χ4v) is 3.15. The largest absolute Gasteiger partial charge is 0.444 e. The van der Waals surface area contributed by atoms with Gasteiger partial charge in [0, 0.05) is 30.8 Å². The van der Waals surface area contributed by atoms with E-state index in [0.717, 1.165) is 11.1 Å². The molecule has 1 amide bonds. The summed E-state index contributed by atoms with van der Waals surface area (Å²) in [6, 6.07) is 3.10. The zero-order valence-electron chi connectivity index (χ0n) is 16.3. The topological polar surface area (TPSA) is 72.7 Å². The molecular formula is C19H26N2O4Si. The third-order valence-electron chi connectivity index (χ3n) is 3.75. The maximum atomic E-state index is 12.3. The minimum absolute atomic E-state index is 0.00895. The number of amides is 1. The minimum atomic E-state index is -1.60. The van der Waals surface area contributed by atoms with Crippen LogP contribution in [-0.2, 0) is 17.7 Å². The van der Waals surface area contributed by atoms with E-state index >= 15 is 0 Å². The van der Waals surface area contributed by atoms with E-state index in [9.17, 15) is 14.9 Å². The molecule has 1 aromatic rings. The van der Waals surface area contributed by atoms with Crippen LogP contribution in [0.2, 0.25) is 19.6 Å². The highest BCUT2D eigenvalue weighted by Crippen LogP contribution is 2.28. The third kappa shape index (κ3) is 5.33. The standard InChI is InChI=1S/C19H26N2O4Si/c1-19(2,3)25-18(22)20-9-7-17-14(8-10-26(4,5)6)11-16(21(23)24)12-15(17)13-20/h11-12H,7,9,13H2,1-6H3. The number of benzene rings is 1. The second kappa shape index (κ2) is 7.12. The van der Waals surface area contributed by atoms with E-state index in [-0.39, 0.29) is 5.69 Å². The van der Waals surface area contributed by atoms with E-state index in [4.69, 9.17) is 4.74 Å². The van der Waals surface area contributed by atoms with Crippen molar-refractivity contribution in [3.8, 4) is 11.5 Å². The van der Waals surface area contributed by atoms with Crippen LogP contribution in [0.5, 0.6) is 0 Å². The molecule has 140 valence electrons. The summed E-state index contributed by atoms with van der Waals surface area (Å²) in [6.45, 7) is 12.7. The Labute approximate surface area is 155 Å². The lowest BCUT2D eigenvalue weighted by Gasteiger charge is -2.31. The first-order valence-electron chi connectivity index (χ1n) is 8.67. The summed E-state index contributed by atoms with van der Waals surface area (Å²) >= 11 is 0. The van der Waals surface area contributed by atoms with Gasteiger partial charge in [0.1, 0.15) is 13.7 Å². The lowest BCUT2D eigenvalue weighted by atomic mass is 9.94. The Hall–Kier alpha value is -2.33. The molecule has 1 aromatic carbocycles. The smallest absolute Gasteiger partial charge is 0.410 e. The molecule has 0 saturated heterocycles. The van der Waals surface area contributed by atoms with Gasteiger partial charge in [0.25, 0.3) is 5.69 Å². The fraction of sp³-hybridized carbons (Fsp3) is 0.526. The number of nitro benzene ring substituents is 1. The molecule has 1 heterocycles. The van der Waals surface area contributed by atoms with Gasteiger partial charge >= 0.3 is 6.09 Å². The number of non-ortho nitro benzene ring substituents is 1. The van der Waals surface area contributed by atoms with Crippen LogP contribution in [0, 0.1) is 21.6 Å². The van der Waals surface area contributed by atoms with Crippen LogP contribution >= 0.6 is 0 Å². The van der Waals surface area contributed by atoms with E-state index in [1.807, 2.05) is 20.8 Å². The number of ether oxygens (including phenoxy) is 1. The number of rotatable bonds is 1. The van der Waals surface area contributed by atoms with Gasteiger partial charge < -0.3 is 9.64 Å². The molecule has 0 radical (unpaired) electrons. The number of nitro groups is 1. The van der Waals surface area contributed by atoms with Crippen LogP contribution in [0.3, 0.4) is 0 Å². The van der Waals surface area contributed by atoms with Crippen LogP contribution < -0.4 is 0 Å². The van der Waals surface area contributed by atoms with Crippen LogP contribution in [0.25, 0.3) is 0 Å². The van der Waals surface area contributed by atoms with Crippen molar-refractivity contribution < 1.29 is 14.5 Å². The molecule has 0 saturated carbocycles. The fourth-order valence-electron chi connectivity index (χ4n) is 2.64. The molecule has 0 aromatic heterocycles. The van der Waals surface area contributed by atoms with Crippen LogP contribution in [0.4, 0.5) is 10.5 Å². The van der Waals surface area contributed by atoms with Gasteiger partial charge in [-0.3, -0.25) is 10.1 Å². The molecule has 0 spiro atoms. The highest BCUT2D eigenvalue weighted by Gasteiger charge is 2.28. The molecule has 0 aliphatic carbocycles. The summed E-state index contributed by atoms with van der Waals surface area (Å²) in [5.41, 5.74) is 5.20. The summed E-state index contributed by atoms with van der Waals surface area (Å²) in [6.07, 6.45) is 0.215. The summed E-state index contributed by atoms with van der Waals surface area (Å²) < 4.78 is 5.42. The maximum Gasteiger partial charge on any atom is 0.410 e. The first-order chi connectivity index (χ1) is 11.9. The van der Waals surface area contributed by atoms with Crippen LogP contribution in [-0.4, -0.2) is 36.1 Å². The Morgan fingerprint density at radius 1 is 1.31 bits per heavy atom. The molecule has 2 rings (SSSR count). The molecule has 7 heteroatoms. The number of hydrogen-bond donors (Lipinski definition) is 0. The van der Waals surface area contributed by atoms with Crippen molar-refractivity contribution in [2.75, 3.05) is 6.54 Å². The molecule has 1 aliphatic heterocycles. The number of carbonyl (C=O) groups excluding carboxylic acids is 1. The van der Waals surface area contributed by atoms with Crippen molar-refractivity contribution in [3.05, 3.63) is 38.9 Å². The first-order valence-corrected chi connectivity index (χ1v) is 12.2. The summed E-state index contributed by atoms with van der Waals surface area (Å²) in [7, 11) is -1.60. The van der Waals surface area contributed by atoms with Gasteiger partial charge in [0.2, 0.25) is 0 Å². The molecular weight excluding hydrogens is 348 g/mol. The molecule has 26 heavy (non-hydrogen) atoms. The molecule has 0 unspecified atom stereocenters. The van der Waals surface area contributed by atoms with Crippen LogP contribution in [0.1, 0.15) is 37.5 Å².